The van der Waals surface area contributed by atoms with Crippen LogP contribution in [-0.4, -0.2) is 52.5 Å². The van der Waals surface area contributed by atoms with E-state index in [4.69, 9.17) is 14.5 Å². The van der Waals surface area contributed by atoms with Crippen molar-refractivity contribution in [1.29, 1.82) is 0 Å². The molecule has 0 bridgehead atoms. The zero-order chi connectivity index (χ0) is 30.5. The highest BCUT2D eigenvalue weighted by atomic mass is 32.2. The number of hydrogen-bond acceptors (Lipinski definition) is 8. The fourth-order valence-corrected chi connectivity index (χ4v) is 6.70. The quantitative estimate of drug-likeness (QED) is 0.311. The third-order valence-electron chi connectivity index (χ3n) is 8.08. The first kappa shape index (κ1) is 30.6. The summed E-state index contributed by atoms with van der Waals surface area (Å²) >= 11 is 1.45. The summed E-state index contributed by atoms with van der Waals surface area (Å²) in [6, 6.07) is 17.4. The maximum absolute atomic E-state index is 13.7. The molecule has 2 atom stereocenters. The van der Waals surface area contributed by atoms with Gasteiger partial charge in [-0.2, -0.15) is 0 Å². The number of thioether (sulfide) groups is 1. The first-order valence-corrected chi connectivity index (χ1v) is 15.8. The largest absolute Gasteiger partial charge is 0.466 e. The number of hydrogen-bond donors (Lipinski definition) is 0. The van der Waals surface area contributed by atoms with Crippen LogP contribution in [0.1, 0.15) is 75.6 Å². The molecule has 0 aromatic heterocycles. The number of aliphatic imine (C=N–C) groups is 1. The predicted octanol–water partition coefficient (Wildman–Crippen LogP) is 6.32. The van der Waals surface area contributed by atoms with Crippen molar-refractivity contribution in [3.8, 4) is 0 Å². The van der Waals surface area contributed by atoms with E-state index in [1.807, 2.05) is 47.6 Å². The summed E-state index contributed by atoms with van der Waals surface area (Å²) < 4.78 is 11.1. The monoisotopic (exact) mass is 601 g/mol. The summed E-state index contributed by atoms with van der Waals surface area (Å²) in [5.41, 5.74) is 4.85. The van der Waals surface area contributed by atoms with Crippen molar-refractivity contribution in [2.45, 2.75) is 65.5 Å². The second kappa shape index (κ2) is 13.6. The third-order valence-corrected chi connectivity index (χ3v) is 8.97. The van der Waals surface area contributed by atoms with Crippen molar-refractivity contribution in [2.24, 2.45) is 10.9 Å². The molecule has 8 nitrogen and oxygen atoms in total. The number of likely N-dealkylation sites (tertiary alicyclic amines) is 1. The second-order valence-electron chi connectivity index (χ2n) is 11.4. The number of piperidine rings is 1. The molecule has 0 N–H and O–H groups in total. The van der Waals surface area contributed by atoms with Crippen LogP contribution in [0.15, 0.2) is 82.0 Å². The number of carbonyl (C=O) groups is 3. The van der Waals surface area contributed by atoms with E-state index in [0.29, 0.717) is 36.9 Å². The van der Waals surface area contributed by atoms with E-state index >= 15 is 0 Å². The van der Waals surface area contributed by atoms with E-state index in [2.05, 4.69) is 38.1 Å². The fourth-order valence-electron chi connectivity index (χ4n) is 5.73. The molecule has 1 fully saturated rings. The van der Waals surface area contributed by atoms with Gasteiger partial charge in [-0.15, -0.1) is 0 Å². The third kappa shape index (κ3) is 6.88. The van der Waals surface area contributed by atoms with Gasteiger partial charge in [0.15, 0.2) is 5.17 Å². The van der Waals surface area contributed by atoms with E-state index in [9.17, 15) is 14.4 Å². The molecule has 3 aliphatic rings. The van der Waals surface area contributed by atoms with Crippen LogP contribution >= 0.6 is 11.8 Å². The van der Waals surface area contributed by atoms with Gasteiger partial charge in [-0.3, -0.25) is 9.59 Å². The van der Waals surface area contributed by atoms with Crippen molar-refractivity contribution in [2.75, 3.05) is 19.7 Å². The molecule has 1 saturated heterocycles. The Bertz CT molecular complexity index is 1450. The minimum Gasteiger partial charge on any atom is -0.466 e. The Morgan fingerprint density at radius 3 is 2.49 bits per heavy atom. The van der Waals surface area contributed by atoms with Crippen molar-refractivity contribution in [1.82, 2.24) is 9.80 Å². The molecular weight excluding hydrogens is 562 g/mol. The van der Waals surface area contributed by atoms with Crippen molar-refractivity contribution < 1.29 is 23.9 Å². The Balaban J connectivity index is 1.41. The number of benzene rings is 2. The molecule has 43 heavy (non-hydrogen) atoms. The maximum atomic E-state index is 13.7. The van der Waals surface area contributed by atoms with Gasteiger partial charge in [0.05, 0.1) is 36.3 Å². The van der Waals surface area contributed by atoms with E-state index in [1.165, 1.54) is 17.3 Å². The summed E-state index contributed by atoms with van der Waals surface area (Å²) in [4.78, 5) is 48.3. The Morgan fingerprint density at radius 1 is 1.05 bits per heavy atom. The van der Waals surface area contributed by atoms with Gasteiger partial charge in [0.2, 0.25) is 5.91 Å². The highest BCUT2D eigenvalue weighted by Crippen LogP contribution is 2.45. The molecule has 3 heterocycles. The van der Waals surface area contributed by atoms with Gasteiger partial charge in [0.1, 0.15) is 6.61 Å². The highest BCUT2D eigenvalue weighted by Gasteiger charge is 2.42. The maximum Gasteiger partial charge on any atom is 0.338 e. The molecule has 1 amide bonds. The molecule has 2 aromatic rings. The van der Waals surface area contributed by atoms with Crippen LogP contribution < -0.4 is 0 Å². The fraction of sp³-hybridized carbons (Fsp3) is 0.412. The molecule has 2 aromatic carbocycles. The summed E-state index contributed by atoms with van der Waals surface area (Å²) in [5, 5.41) is 2.67. The van der Waals surface area contributed by atoms with Gasteiger partial charge < -0.3 is 19.3 Å². The number of fused-ring (bicyclic) bond motifs is 1. The standard InChI is InChI=1S/C34H39N3O5S/c1-5-41-32(39)27-12-9-17-36(19-27)29(38)18-28-21-43-34-35-23(4)30(33(40)42-20-24-10-7-6-8-11-24)31(37(28)34)26-15-13-25(14-16-26)22(2)3/h6-8,10-11,13-16,21-22,27,31H,5,9,12,17-20H2,1-4H3/t27-,31+/m0/s1. The zero-order valence-electron chi connectivity index (χ0n) is 25.2. The van der Waals surface area contributed by atoms with Crippen LogP contribution in [0.3, 0.4) is 0 Å². The molecule has 9 heteroatoms. The Labute approximate surface area is 257 Å². The van der Waals surface area contributed by atoms with Crippen LogP contribution in [0, 0.1) is 5.92 Å². The minimum absolute atomic E-state index is 0.0597. The Morgan fingerprint density at radius 2 is 1.79 bits per heavy atom. The summed E-state index contributed by atoms with van der Waals surface area (Å²) in [5.74, 6) is -0.678. The topological polar surface area (TPSA) is 88.5 Å². The van der Waals surface area contributed by atoms with Gasteiger partial charge in [-0.1, -0.05) is 80.2 Å². The van der Waals surface area contributed by atoms with Crippen molar-refractivity contribution in [3.63, 3.8) is 0 Å². The lowest BCUT2D eigenvalue weighted by Gasteiger charge is -2.37. The van der Waals surface area contributed by atoms with Crippen LogP contribution in [0.25, 0.3) is 0 Å². The zero-order valence-corrected chi connectivity index (χ0v) is 26.1. The van der Waals surface area contributed by atoms with Crippen LogP contribution in [-0.2, 0) is 30.5 Å². The van der Waals surface area contributed by atoms with E-state index in [-0.39, 0.29) is 30.8 Å². The average molecular weight is 602 g/mol. The minimum atomic E-state index is -0.500. The predicted molar refractivity (Wildman–Crippen MR) is 168 cm³/mol. The van der Waals surface area contributed by atoms with Gasteiger partial charge in [-0.05, 0) is 54.7 Å². The normalized spacial score (nSPS) is 20.0. The van der Waals surface area contributed by atoms with Crippen LogP contribution in [0.5, 0.6) is 0 Å². The number of amidine groups is 1. The van der Waals surface area contributed by atoms with Crippen LogP contribution in [0.2, 0.25) is 0 Å². The van der Waals surface area contributed by atoms with Gasteiger partial charge >= 0.3 is 11.9 Å². The second-order valence-corrected chi connectivity index (χ2v) is 12.2. The Hall–Kier alpha value is -3.85. The smallest absolute Gasteiger partial charge is 0.338 e. The number of esters is 2. The molecule has 0 saturated carbocycles. The number of allylic oxidation sites excluding steroid dienone is 1. The van der Waals surface area contributed by atoms with Crippen molar-refractivity contribution >= 4 is 34.8 Å². The summed E-state index contributed by atoms with van der Waals surface area (Å²) in [7, 11) is 0. The van der Waals surface area contributed by atoms with E-state index in [1.54, 1.807) is 11.8 Å². The summed E-state index contributed by atoms with van der Waals surface area (Å²) in [6.45, 7) is 9.36. The van der Waals surface area contributed by atoms with Gasteiger partial charge in [-0.25, -0.2) is 9.79 Å². The number of ether oxygens (including phenoxy) is 2. The molecular formula is C34H39N3O5S. The molecule has 5 rings (SSSR count). The number of nitrogens with zero attached hydrogens (tertiary/aromatic N) is 3. The van der Waals surface area contributed by atoms with E-state index < -0.39 is 12.0 Å². The molecule has 0 radical (unpaired) electrons. The SMILES string of the molecule is CCOC(=O)[C@H]1CCCN(C(=O)CC2=CSC3=NC(C)=C(C(=O)OCc4ccccc4)[C@@H](c4ccc(C(C)C)cc4)N23)C1. The number of rotatable bonds is 9. The average Bonchev–Trinajstić information content (AvgIpc) is 3.41. The van der Waals surface area contributed by atoms with Gasteiger partial charge in [0.25, 0.3) is 0 Å². The number of amides is 1. The first-order chi connectivity index (χ1) is 20.8. The molecule has 226 valence electrons. The Kier molecular flexibility index (Phi) is 9.70. The molecule has 3 aliphatic heterocycles. The lowest BCUT2D eigenvalue weighted by atomic mass is 9.91. The lowest BCUT2D eigenvalue weighted by molar-refractivity contribution is -0.151. The number of carbonyl (C=O) groups excluding carboxylic acids is 3. The van der Waals surface area contributed by atoms with Crippen molar-refractivity contribution in [3.05, 3.63) is 93.7 Å². The van der Waals surface area contributed by atoms with E-state index in [0.717, 1.165) is 34.8 Å². The lowest BCUT2D eigenvalue weighted by Crippen LogP contribution is -2.44. The highest BCUT2D eigenvalue weighted by molar-refractivity contribution is 8.16. The summed E-state index contributed by atoms with van der Waals surface area (Å²) in [6.07, 6.45) is 1.61. The molecule has 0 aliphatic carbocycles. The van der Waals surface area contributed by atoms with Crippen LogP contribution in [0.4, 0.5) is 0 Å². The molecule has 0 unspecified atom stereocenters. The molecule has 0 spiro atoms. The first-order valence-electron chi connectivity index (χ1n) is 15.0. The van der Waals surface area contributed by atoms with Gasteiger partial charge in [0, 0.05) is 18.8 Å².